The van der Waals surface area contributed by atoms with E-state index >= 15 is 0 Å². The lowest BCUT2D eigenvalue weighted by atomic mass is 10.0. The minimum absolute atomic E-state index is 0.641. The fraction of sp³-hybridized carbons (Fsp3) is 0.0714. The average molecular weight is 360 g/mol. The number of rotatable bonds is 1. The van der Waals surface area contributed by atoms with Crippen molar-refractivity contribution in [1.29, 1.82) is 5.26 Å². The smallest absolute Gasteiger partial charge is 0.142 e. The zero-order chi connectivity index (χ0) is 13.4. The summed E-state index contributed by atoms with van der Waals surface area (Å²) in [7, 11) is 1.96. The van der Waals surface area contributed by atoms with Crippen LogP contribution in [0.5, 0.6) is 0 Å². The van der Waals surface area contributed by atoms with Crippen LogP contribution in [0, 0.1) is 15.0 Å². The van der Waals surface area contributed by atoms with E-state index in [1.165, 1.54) is 0 Å². The third-order valence-electron chi connectivity index (χ3n) is 3.07. The van der Waals surface area contributed by atoms with Gasteiger partial charge in [-0.15, -0.1) is 0 Å². The highest BCUT2D eigenvalue weighted by molar-refractivity contribution is 14.1. The Hall–Kier alpha value is -1.94. The van der Waals surface area contributed by atoms with Crippen LogP contribution in [0.25, 0.3) is 22.2 Å². The molecular formula is C14H9IN4. The predicted octanol–water partition coefficient (Wildman–Crippen LogP) is 3.11. The molecule has 0 spiro atoms. The molecule has 0 aliphatic heterocycles. The first-order valence-corrected chi connectivity index (χ1v) is 6.75. The Morgan fingerprint density at radius 1 is 1.32 bits per heavy atom. The summed E-state index contributed by atoms with van der Waals surface area (Å²) in [6.45, 7) is 0. The molecule has 19 heavy (non-hydrogen) atoms. The summed E-state index contributed by atoms with van der Waals surface area (Å²) in [6, 6.07) is 7.89. The Morgan fingerprint density at radius 3 is 2.84 bits per heavy atom. The van der Waals surface area contributed by atoms with Gasteiger partial charge >= 0.3 is 0 Å². The van der Waals surface area contributed by atoms with E-state index in [4.69, 9.17) is 0 Å². The molecule has 5 heteroatoms. The van der Waals surface area contributed by atoms with Crippen LogP contribution in [0.4, 0.5) is 0 Å². The first kappa shape index (κ1) is 12.1. The van der Waals surface area contributed by atoms with Crippen molar-refractivity contribution in [2.75, 3.05) is 0 Å². The Kier molecular flexibility index (Phi) is 2.95. The van der Waals surface area contributed by atoms with Gasteiger partial charge in [0.2, 0.25) is 0 Å². The lowest BCUT2D eigenvalue weighted by Crippen LogP contribution is -1.92. The van der Waals surface area contributed by atoms with Gasteiger partial charge in [-0.1, -0.05) is 6.07 Å². The number of aryl methyl sites for hydroxylation is 1. The molecule has 92 valence electrons. The van der Waals surface area contributed by atoms with Crippen molar-refractivity contribution in [3.05, 3.63) is 46.1 Å². The molecular weight excluding hydrogens is 351 g/mol. The predicted molar refractivity (Wildman–Crippen MR) is 81.4 cm³/mol. The van der Waals surface area contributed by atoms with Crippen LogP contribution in [0.3, 0.4) is 0 Å². The highest BCUT2D eigenvalue weighted by Gasteiger charge is 2.18. The lowest BCUT2D eigenvalue weighted by molar-refractivity contribution is 0.920. The highest BCUT2D eigenvalue weighted by atomic mass is 127. The van der Waals surface area contributed by atoms with E-state index in [-0.39, 0.29) is 0 Å². The first-order valence-electron chi connectivity index (χ1n) is 5.67. The van der Waals surface area contributed by atoms with E-state index in [9.17, 15) is 5.26 Å². The van der Waals surface area contributed by atoms with Crippen molar-refractivity contribution in [3.63, 3.8) is 0 Å². The van der Waals surface area contributed by atoms with Gasteiger partial charge in [0, 0.05) is 42.2 Å². The molecule has 0 aliphatic carbocycles. The summed E-state index contributed by atoms with van der Waals surface area (Å²) in [4.78, 5) is 8.54. The fourth-order valence-electron chi connectivity index (χ4n) is 2.18. The van der Waals surface area contributed by atoms with Gasteiger partial charge in [0.15, 0.2) is 0 Å². The van der Waals surface area contributed by atoms with E-state index in [0.29, 0.717) is 5.56 Å². The SMILES string of the molecule is Cn1c(I)c(-c2cccnc2)c2c(C#N)ccnc21. The van der Waals surface area contributed by atoms with Gasteiger partial charge in [-0.25, -0.2) is 4.98 Å². The molecule has 0 fully saturated rings. The first-order chi connectivity index (χ1) is 9.24. The van der Waals surface area contributed by atoms with E-state index in [1.54, 1.807) is 18.5 Å². The molecule has 3 aromatic rings. The van der Waals surface area contributed by atoms with E-state index < -0.39 is 0 Å². The van der Waals surface area contributed by atoms with Crippen LogP contribution in [-0.2, 0) is 7.05 Å². The molecule has 0 atom stereocenters. The maximum Gasteiger partial charge on any atom is 0.142 e. The minimum atomic E-state index is 0.641. The van der Waals surface area contributed by atoms with Gasteiger partial charge in [0.05, 0.1) is 15.3 Å². The summed E-state index contributed by atoms with van der Waals surface area (Å²) in [5, 5.41) is 10.2. The normalized spacial score (nSPS) is 10.6. The quantitative estimate of drug-likeness (QED) is 0.627. The number of fused-ring (bicyclic) bond motifs is 1. The lowest BCUT2D eigenvalue weighted by Gasteiger charge is -2.01. The van der Waals surface area contributed by atoms with Crippen LogP contribution < -0.4 is 0 Å². The molecule has 0 amide bonds. The summed E-state index contributed by atoms with van der Waals surface area (Å²) in [5.74, 6) is 0. The fourth-order valence-corrected chi connectivity index (χ4v) is 2.99. The number of nitriles is 1. The molecule has 0 aliphatic rings. The number of hydrogen-bond acceptors (Lipinski definition) is 3. The molecule has 3 rings (SSSR count). The van der Waals surface area contributed by atoms with Crippen molar-refractivity contribution in [2.24, 2.45) is 7.05 Å². The second-order valence-corrected chi connectivity index (χ2v) is 5.16. The van der Waals surface area contributed by atoms with Gasteiger partial charge in [-0.3, -0.25) is 4.98 Å². The van der Waals surface area contributed by atoms with Crippen molar-refractivity contribution >= 4 is 33.6 Å². The Balaban J connectivity index is 2.49. The molecule has 0 N–H and O–H groups in total. The second kappa shape index (κ2) is 4.63. The van der Waals surface area contributed by atoms with Crippen molar-refractivity contribution in [3.8, 4) is 17.2 Å². The van der Waals surface area contributed by atoms with E-state index in [0.717, 1.165) is 25.9 Å². The molecule has 4 nitrogen and oxygen atoms in total. The zero-order valence-electron chi connectivity index (χ0n) is 10.1. The largest absolute Gasteiger partial charge is 0.323 e. The summed E-state index contributed by atoms with van der Waals surface area (Å²) in [6.07, 6.45) is 5.22. The zero-order valence-corrected chi connectivity index (χ0v) is 12.3. The standard InChI is InChI=1S/C14H9IN4/c1-19-13(15)11(10-3-2-5-17-8-10)12-9(7-16)4-6-18-14(12)19/h2-6,8H,1H3. The van der Waals surface area contributed by atoms with Crippen LogP contribution in [0.15, 0.2) is 36.8 Å². The third-order valence-corrected chi connectivity index (χ3v) is 4.33. The Bertz CT molecular complexity index is 800. The molecule has 0 bridgehead atoms. The number of pyridine rings is 2. The van der Waals surface area contributed by atoms with Crippen LogP contribution in [0.1, 0.15) is 5.56 Å². The average Bonchev–Trinajstić information content (AvgIpc) is 2.72. The Morgan fingerprint density at radius 2 is 2.16 bits per heavy atom. The summed E-state index contributed by atoms with van der Waals surface area (Å²) in [5.41, 5.74) is 3.49. The molecule has 0 aromatic carbocycles. The summed E-state index contributed by atoms with van der Waals surface area (Å²) >= 11 is 2.28. The molecule has 3 aromatic heterocycles. The Labute approximate surface area is 123 Å². The molecule has 0 saturated carbocycles. The molecule has 0 radical (unpaired) electrons. The number of aromatic nitrogens is 3. The minimum Gasteiger partial charge on any atom is -0.323 e. The highest BCUT2D eigenvalue weighted by Crippen LogP contribution is 2.35. The topological polar surface area (TPSA) is 54.5 Å². The van der Waals surface area contributed by atoms with Gasteiger partial charge in [0.1, 0.15) is 5.65 Å². The number of nitrogens with zero attached hydrogens (tertiary/aromatic N) is 4. The molecule has 0 unspecified atom stereocenters. The maximum atomic E-state index is 9.30. The maximum absolute atomic E-state index is 9.30. The number of hydrogen-bond donors (Lipinski definition) is 0. The van der Waals surface area contributed by atoms with Gasteiger partial charge in [0.25, 0.3) is 0 Å². The van der Waals surface area contributed by atoms with Crippen molar-refractivity contribution in [2.45, 2.75) is 0 Å². The second-order valence-electron chi connectivity index (χ2n) is 4.14. The van der Waals surface area contributed by atoms with E-state index in [1.807, 2.05) is 29.9 Å². The number of halogens is 1. The molecule has 0 saturated heterocycles. The van der Waals surface area contributed by atoms with Crippen LogP contribution in [-0.4, -0.2) is 14.5 Å². The van der Waals surface area contributed by atoms with Crippen molar-refractivity contribution < 1.29 is 0 Å². The van der Waals surface area contributed by atoms with Crippen LogP contribution >= 0.6 is 22.6 Å². The van der Waals surface area contributed by atoms with Crippen molar-refractivity contribution in [1.82, 2.24) is 14.5 Å². The van der Waals surface area contributed by atoms with Gasteiger partial charge < -0.3 is 4.57 Å². The van der Waals surface area contributed by atoms with Crippen LogP contribution in [0.2, 0.25) is 0 Å². The third kappa shape index (κ3) is 1.79. The van der Waals surface area contributed by atoms with Gasteiger partial charge in [-0.05, 0) is 34.7 Å². The van der Waals surface area contributed by atoms with Gasteiger partial charge in [-0.2, -0.15) is 5.26 Å². The monoisotopic (exact) mass is 360 g/mol. The summed E-state index contributed by atoms with van der Waals surface area (Å²) < 4.78 is 3.05. The molecule has 3 heterocycles. The van der Waals surface area contributed by atoms with E-state index in [2.05, 4.69) is 38.6 Å².